The van der Waals surface area contributed by atoms with Crippen LogP contribution in [-0.4, -0.2) is 28.2 Å². The summed E-state index contributed by atoms with van der Waals surface area (Å²) in [6, 6.07) is 0.623. The van der Waals surface area contributed by atoms with Gasteiger partial charge in [-0.3, -0.25) is 4.79 Å². The fraction of sp³-hybridized carbons (Fsp3) is 0.909. The van der Waals surface area contributed by atoms with Gasteiger partial charge in [0.25, 0.3) is 0 Å². The first-order valence-electron chi connectivity index (χ1n) is 5.37. The van der Waals surface area contributed by atoms with Crippen molar-refractivity contribution in [1.82, 2.24) is 4.90 Å². The van der Waals surface area contributed by atoms with Crippen molar-refractivity contribution in [3.05, 3.63) is 0 Å². The summed E-state index contributed by atoms with van der Waals surface area (Å²) in [6.07, 6.45) is 2.75. The van der Waals surface area contributed by atoms with Crippen molar-refractivity contribution < 1.29 is 4.79 Å². The number of alkyl halides is 1. The van der Waals surface area contributed by atoms with Crippen molar-refractivity contribution in [1.29, 1.82) is 0 Å². The van der Waals surface area contributed by atoms with Gasteiger partial charge in [0.05, 0.1) is 0 Å². The fourth-order valence-electron chi connectivity index (χ4n) is 1.67. The van der Waals surface area contributed by atoms with Gasteiger partial charge in [-0.1, -0.05) is 15.9 Å². The molecule has 0 rings (SSSR count). The van der Waals surface area contributed by atoms with E-state index < -0.39 is 0 Å². The third-order valence-electron chi connectivity index (χ3n) is 2.17. The second-order valence-electron chi connectivity index (χ2n) is 4.13. The van der Waals surface area contributed by atoms with Gasteiger partial charge in [0.15, 0.2) is 0 Å². The fourth-order valence-corrected chi connectivity index (χ4v) is 2.07. The van der Waals surface area contributed by atoms with Crippen molar-refractivity contribution in [2.45, 2.75) is 59.0 Å². The highest BCUT2D eigenvalue weighted by molar-refractivity contribution is 9.09. The maximum Gasteiger partial charge on any atom is 0.223 e. The van der Waals surface area contributed by atoms with E-state index in [9.17, 15) is 4.79 Å². The molecule has 0 radical (unpaired) electrons. The van der Waals surface area contributed by atoms with E-state index in [0.29, 0.717) is 18.5 Å². The third kappa shape index (κ3) is 4.99. The summed E-state index contributed by atoms with van der Waals surface area (Å²) in [5, 5.41) is 0.990. The molecule has 0 spiro atoms. The molecule has 3 heteroatoms. The lowest BCUT2D eigenvalue weighted by atomic mass is 10.1. The van der Waals surface area contributed by atoms with Crippen LogP contribution in [0.25, 0.3) is 0 Å². The average molecular weight is 264 g/mol. The van der Waals surface area contributed by atoms with E-state index in [1.54, 1.807) is 0 Å². The molecule has 1 amide bonds. The summed E-state index contributed by atoms with van der Waals surface area (Å²) in [6.45, 7) is 8.29. The molecule has 2 nitrogen and oxygen atoms in total. The Labute approximate surface area is 96.2 Å². The first-order valence-corrected chi connectivity index (χ1v) is 6.50. The lowest BCUT2D eigenvalue weighted by molar-refractivity contribution is -0.134. The summed E-state index contributed by atoms with van der Waals surface area (Å²) in [5.41, 5.74) is 0. The lowest BCUT2D eigenvalue weighted by Gasteiger charge is -2.30. The number of hydrogen-bond donors (Lipinski definition) is 0. The predicted molar refractivity (Wildman–Crippen MR) is 64.8 cm³/mol. The first kappa shape index (κ1) is 13.9. The van der Waals surface area contributed by atoms with Crippen molar-refractivity contribution in [3.63, 3.8) is 0 Å². The van der Waals surface area contributed by atoms with Crippen molar-refractivity contribution in [3.8, 4) is 0 Å². The van der Waals surface area contributed by atoms with Crippen LogP contribution in [-0.2, 0) is 4.79 Å². The highest BCUT2D eigenvalue weighted by Crippen LogP contribution is 2.10. The summed E-state index contributed by atoms with van der Waals surface area (Å²) in [4.78, 5) is 13.8. The van der Waals surface area contributed by atoms with Gasteiger partial charge in [0, 0.05) is 23.8 Å². The minimum Gasteiger partial charge on any atom is -0.338 e. The van der Waals surface area contributed by atoms with E-state index in [1.165, 1.54) is 0 Å². The van der Waals surface area contributed by atoms with Crippen LogP contribution < -0.4 is 0 Å². The molecule has 0 saturated carbocycles. The molecule has 0 fully saturated rings. The Bertz CT molecular complexity index is 161. The van der Waals surface area contributed by atoms with Gasteiger partial charge >= 0.3 is 0 Å². The van der Waals surface area contributed by atoms with E-state index in [2.05, 4.69) is 43.6 Å². The first-order chi connectivity index (χ1) is 6.50. The Hall–Kier alpha value is -0.0500. The molecule has 0 heterocycles. The molecule has 0 aliphatic heterocycles. The smallest absolute Gasteiger partial charge is 0.223 e. The highest BCUT2D eigenvalue weighted by atomic mass is 79.9. The number of carbonyl (C=O) groups is 1. The molecule has 0 N–H and O–H groups in total. The second kappa shape index (κ2) is 7.27. The highest BCUT2D eigenvalue weighted by Gasteiger charge is 2.18. The van der Waals surface area contributed by atoms with Gasteiger partial charge in [-0.15, -0.1) is 0 Å². The van der Waals surface area contributed by atoms with Gasteiger partial charge in [0.2, 0.25) is 5.91 Å². The Balaban J connectivity index is 4.03. The van der Waals surface area contributed by atoms with Crippen molar-refractivity contribution in [2.75, 3.05) is 5.33 Å². The van der Waals surface area contributed by atoms with E-state index in [1.807, 2.05) is 4.90 Å². The largest absolute Gasteiger partial charge is 0.338 e. The Kier molecular flexibility index (Phi) is 7.24. The number of unbranched alkanes of at least 4 members (excludes halogenated alkanes) is 1. The second-order valence-corrected chi connectivity index (χ2v) is 4.93. The number of carbonyl (C=O) groups excluding carboxylic acids is 1. The Morgan fingerprint density at radius 1 is 1.14 bits per heavy atom. The minimum absolute atomic E-state index is 0.288. The van der Waals surface area contributed by atoms with Crippen LogP contribution in [0.3, 0.4) is 0 Å². The maximum atomic E-state index is 11.8. The lowest BCUT2D eigenvalue weighted by Crippen LogP contribution is -2.41. The summed E-state index contributed by atoms with van der Waals surface area (Å²) in [5.74, 6) is 0.288. The Morgan fingerprint density at radius 2 is 1.64 bits per heavy atom. The molecule has 0 atom stereocenters. The Morgan fingerprint density at radius 3 is 2.00 bits per heavy atom. The van der Waals surface area contributed by atoms with Crippen LogP contribution >= 0.6 is 15.9 Å². The molecule has 0 aliphatic carbocycles. The number of halogens is 1. The van der Waals surface area contributed by atoms with Gasteiger partial charge in [-0.25, -0.2) is 0 Å². The molecule has 0 unspecified atom stereocenters. The van der Waals surface area contributed by atoms with E-state index >= 15 is 0 Å². The number of hydrogen-bond acceptors (Lipinski definition) is 1. The molecule has 14 heavy (non-hydrogen) atoms. The number of rotatable bonds is 6. The van der Waals surface area contributed by atoms with Crippen LogP contribution in [0.2, 0.25) is 0 Å². The van der Waals surface area contributed by atoms with E-state index in [4.69, 9.17) is 0 Å². The van der Waals surface area contributed by atoms with Gasteiger partial charge < -0.3 is 4.90 Å². The number of nitrogens with zero attached hydrogens (tertiary/aromatic N) is 1. The maximum absolute atomic E-state index is 11.8. The molecular weight excluding hydrogens is 242 g/mol. The predicted octanol–water partition coefficient (Wildman–Crippen LogP) is 3.20. The zero-order valence-corrected chi connectivity index (χ0v) is 11.3. The number of amides is 1. The van der Waals surface area contributed by atoms with Gasteiger partial charge in [-0.05, 0) is 40.5 Å². The summed E-state index contributed by atoms with van der Waals surface area (Å²) >= 11 is 3.37. The molecule has 84 valence electrons. The normalized spacial score (nSPS) is 11.1. The molecule has 0 aliphatic rings. The van der Waals surface area contributed by atoms with Crippen LogP contribution in [0.15, 0.2) is 0 Å². The van der Waals surface area contributed by atoms with E-state index in [0.717, 1.165) is 18.2 Å². The SMILES string of the molecule is CC(C)N(C(=O)CCCCBr)C(C)C. The van der Waals surface area contributed by atoms with E-state index in [-0.39, 0.29) is 5.91 Å². The van der Waals surface area contributed by atoms with Crippen LogP contribution in [0.1, 0.15) is 47.0 Å². The monoisotopic (exact) mass is 263 g/mol. The summed E-state index contributed by atoms with van der Waals surface area (Å²) in [7, 11) is 0. The molecular formula is C11H22BrNO. The third-order valence-corrected chi connectivity index (χ3v) is 2.74. The zero-order valence-electron chi connectivity index (χ0n) is 9.72. The van der Waals surface area contributed by atoms with Crippen LogP contribution in [0.4, 0.5) is 0 Å². The van der Waals surface area contributed by atoms with Crippen molar-refractivity contribution in [2.24, 2.45) is 0 Å². The zero-order chi connectivity index (χ0) is 11.1. The molecule has 0 aromatic carbocycles. The minimum atomic E-state index is 0.288. The molecule has 0 aromatic heterocycles. The molecule has 0 saturated heterocycles. The van der Waals surface area contributed by atoms with Gasteiger partial charge in [-0.2, -0.15) is 0 Å². The average Bonchev–Trinajstić information content (AvgIpc) is 2.03. The molecule has 0 aromatic rings. The topological polar surface area (TPSA) is 20.3 Å². The summed E-state index contributed by atoms with van der Waals surface area (Å²) < 4.78 is 0. The van der Waals surface area contributed by atoms with Crippen LogP contribution in [0, 0.1) is 0 Å². The standard InChI is InChI=1S/C11H22BrNO/c1-9(2)13(10(3)4)11(14)7-5-6-8-12/h9-10H,5-8H2,1-4H3. The van der Waals surface area contributed by atoms with Crippen LogP contribution in [0.5, 0.6) is 0 Å². The molecule has 0 bridgehead atoms. The quantitative estimate of drug-likeness (QED) is 0.533. The van der Waals surface area contributed by atoms with Gasteiger partial charge in [0.1, 0.15) is 0 Å². The van der Waals surface area contributed by atoms with Crippen molar-refractivity contribution >= 4 is 21.8 Å².